The van der Waals surface area contributed by atoms with Crippen LogP contribution in [0.5, 0.6) is 0 Å². The van der Waals surface area contributed by atoms with Crippen molar-refractivity contribution >= 4 is 5.97 Å². The number of carbonyl (C=O) groups is 1. The highest BCUT2D eigenvalue weighted by Gasteiger charge is 1.99. The maximum atomic E-state index is 10.4. The topological polar surface area (TPSA) is 69.4 Å². The van der Waals surface area contributed by atoms with Crippen LogP contribution in [0.3, 0.4) is 0 Å². The predicted octanol–water partition coefficient (Wildman–Crippen LogP) is 1.33. The highest BCUT2D eigenvalue weighted by atomic mass is 16.6. The first-order chi connectivity index (χ1) is 6.56. The maximum Gasteiger partial charge on any atom is 0.302 e. The molecule has 0 bridgehead atoms. The molecular formula is C9H13NO4. The SMILES string of the molecule is C/C=C(\C=C/COC(C)=O)C[N+](=O)[O-]. The van der Waals surface area contributed by atoms with E-state index in [4.69, 9.17) is 0 Å². The van der Waals surface area contributed by atoms with Crippen LogP contribution < -0.4 is 0 Å². The Kier molecular flexibility index (Phi) is 6.02. The quantitative estimate of drug-likeness (QED) is 0.290. The fourth-order valence-electron chi connectivity index (χ4n) is 0.754. The van der Waals surface area contributed by atoms with E-state index < -0.39 is 4.92 Å². The Balaban J connectivity index is 3.94. The van der Waals surface area contributed by atoms with E-state index in [1.807, 2.05) is 0 Å². The van der Waals surface area contributed by atoms with Gasteiger partial charge in [0.15, 0.2) is 0 Å². The van der Waals surface area contributed by atoms with E-state index in [1.165, 1.54) is 6.92 Å². The number of ether oxygens (including phenoxy) is 1. The standard InChI is InChI=1S/C9H13NO4/c1-3-9(7-10(12)13)5-4-6-14-8(2)11/h3-5H,6-7H2,1-2H3/b5-4-,9-3+. The summed E-state index contributed by atoms with van der Waals surface area (Å²) in [6.45, 7) is 2.95. The molecule has 0 aliphatic carbocycles. The molecule has 5 heteroatoms. The number of carbonyl (C=O) groups excluding carboxylic acids is 1. The van der Waals surface area contributed by atoms with Gasteiger partial charge in [-0.3, -0.25) is 14.9 Å². The van der Waals surface area contributed by atoms with Gasteiger partial charge in [-0.15, -0.1) is 0 Å². The van der Waals surface area contributed by atoms with Crippen molar-refractivity contribution in [1.29, 1.82) is 0 Å². The Morgan fingerprint density at radius 2 is 2.21 bits per heavy atom. The van der Waals surface area contributed by atoms with Gasteiger partial charge in [0.25, 0.3) is 0 Å². The van der Waals surface area contributed by atoms with Crippen molar-refractivity contribution in [2.45, 2.75) is 13.8 Å². The molecule has 0 aliphatic heterocycles. The Morgan fingerprint density at radius 3 is 2.64 bits per heavy atom. The van der Waals surface area contributed by atoms with E-state index in [0.29, 0.717) is 5.57 Å². The summed E-state index contributed by atoms with van der Waals surface area (Å²) in [7, 11) is 0. The van der Waals surface area contributed by atoms with Crippen molar-refractivity contribution in [2.24, 2.45) is 0 Å². The Morgan fingerprint density at radius 1 is 1.57 bits per heavy atom. The summed E-state index contributed by atoms with van der Waals surface area (Å²) >= 11 is 0. The monoisotopic (exact) mass is 199 g/mol. The van der Waals surface area contributed by atoms with Crippen molar-refractivity contribution < 1.29 is 14.5 Å². The molecule has 0 unspecified atom stereocenters. The third-order valence-corrected chi connectivity index (χ3v) is 1.40. The van der Waals surface area contributed by atoms with Crippen molar-refractivity contribution in [3.63, 3.8) is 0 Å². The molecule has 0 radical (unpaired) electrons. The molecule has 0 amide bonds. The highest BCUT2D eigenvalue weighted by Crippen LogP contribution is 1.97. The fourth-order valence-corrected chi connectivity index (χ4v) is 0.754. The molecule has 0 aromatic heterocycles. The molecule has 0 rings (SSSR count). The Bertz CT molecular complexity index is 268. The van der Waals surface area contributed by atoms with Gasteiger partial charge < -0.3 is 4.74 Å². The van der Waals surface area contributed by atoms with Crippen molar-refractivity contribution in [1.82, 2.24) is 0 Å². The second kappa shape index (κ2) is 6.82. The lowest BCUT2D eigenvalue weighted by Gasteiger charge is -1.96. The first kappa shape index (κ1) is 12.3. The van der Waals surface area contributed by atoms with Gasteiger partial charge in [0.2, 0.25) is 6.54 Å². The zero-order valence-electron chi connectivity index (χ0n) is 8.23. The summed E-state index contributed by atoms with van der Waals surface area (Å²) in [5, 5.41) is 10.2. The Labute approximate surface area is 82.2 Å². The smallest absolute Gasteiger partial charge is 0.302 e. The lowest BCUT2D eigenvalue weighted by atomic mass is 10.2. The van der Waals surface area contributed by atoms with Crippen LogP contribution >= 0.6 is 0 Å². The van der Waals surface area contributed by atoms with Crippen LogP contribution in [0, 0.1) is 10.1 Å². The lowest BCUT2D eigenvalue weighted by Crippen LogP contribution is -2.03. The van der Waals surface area contributed by atoms with Crippen LogP contribution in [0.1, 0.15) is 13.8 Å². The summed E-state index contributed by atoms with van der Waals surface area (Å²) in [6, 6.07) is 0. The number of nitrogens with zero attached hydrogens (tertiary/aromatic N) is 1. The molecule has 0 saturated heterocycles. The van der Waals surface area contributed by atoms with Gasteiger partial charge in [-0.05, 0) is 13.0 Å². The minimum absolute atomic E-state index is 0.143. The van der Waals surface area contributed by atoms with Crippen LogP contribution in [0.4, 0.5) is 0 Å². The summed E-state index contributed by atoms with van der Waals surface area (Å²) in [5.74, 6) is -0.369. The fraction of sp³-hybridized carbons (Fsp3) is 0.444. The van der Waals surface area contributed by atoms with E-state index in [1.54, 1.807) is 25.2 Å². The van der Waals surface area contributed by atoms with Gasteiger partial charge >= 0.3 is 5.97 Å². The summed E-state index contributed by atoms with van der Waals surface area (Å²) in [4.78, 5) is 20.1. The van der Waals surface area contributed by atoms with Crippen LogP contribution in [-0.2, 0) is 9.53 Å². The lowest BCUT2D eigenvalue weighted by molar-refractivity contribution is -0.470. The molecule has 0 heterocycles. The van der Waals surface area contributed by atoms with Crippen LogP contribution in [0.25, 0.3) is 0 Å². The predicted molar refractivity (Wildman–Crippen MR) is 51.4 cm³/mol. The normalized spacial score (nSPS) is 11.7. The number of rotatable bonds is 5. The largest absolute Gasteiger partial charge is 0.462 e. The molecule has 0 saturated carbocycles. The second-order valence-corrected chi connectivity index (χ2v) is 2.56. The number of hydrogen-bond donors (Lipinski definition) is 0. The molecule has 78 valence electrons. The molecule has 14 heavy (non-hydrogen) atoms. The van der Waals surface area contributed by atoms with Crippen molar-refractivity contribution in [3.05, 3.63) is 33.9 Å². The number of hydrogen-bond acceptors (Lipinski definition) is 4. The third-order valence-electron chi connectivity index (χ3n) is 1.40. The molecule has 5 nitrogen and oxygen atoms in total. The van der Waals surface area contributed by atoms with Gasteiger partial charge in [0.05, 0.1) is 0 Å². The summed E-state index contributed by atoms with van der Waals surface area (Å²) in [6.07, 6.45) is 4.79. The zero-order chi connectivity index (χ0) is 11.0. The van der Waals surface area contributed by atoms with Gasteiger partial charge in [-0.2, -0.15) is 0 Å². The first-order valence-electron chi connectivity index (χ1n) is 4.13. The van der Waals surface area contributed by atoms with E-state index >= 15 is 0 Å². The van der Waals surface area contributed by atoms with E-state index in [0.717, 1.165) is 0 Å². The van der Waals surface area contributed by atoms with Crippen LogP contribution in [0.15, 0.2) is 23.8 Å². The van der Waals surface area contributed by atoms with Crippen LogP contribution in [0.2, 0.25) is 0 Å². The molecule has 0 aliphatic rings. The highest BCUT2D eigenvalue weighted by molar-refractivity contribution is 5.66. The molecule has 0 fully saturated rings. The molecule has 0 aromatic carbocycles. The van der Waals surface area contributed by atoms with Gasteiger partial charge in [-0.25, -0.2) is 0 Å². The van der Waals surface area contributed by atoms with Gasteiger partial charge in [0.1, 0.15) is 6.61 Å². The van der Waals surface area contributed by atoms with E-state index in [2.05, 4.69) is 4.74 Å². The maximum absolute atomic E-state index is 10.4. The first-order valence-corrected chi connectivity index (χ1v) is 4.13. The molecular weight excluding hydrogens is 186 g/mol. The zero-order valence-corrected chi connectivity index (χ0v) is 8.23. The van der Waals surface area contributed by atoms with Crippen LogP contribution in [-0.4, -0.2) is 24.0 Å². The number of esters is 1. The average Bonchev–Trinajstić information content (AvgIpc) is 2.09. The summed E-state index contributed by atoms with van der Waals surface area (Å²) in [5.41, 5.74) is 0.585. The molecule has 0 atom stereocenters. The average molecular weight is 199 g/mol. The molecule has 0 N–H and O–H groups in total. The minimum atomic E-state index is -0.411. The molecule has 0 spiro atoms. The van der Waals surface area contributed by atoms with Crippen molar-refractivity contribution in [3.8, 4) is 0 Å². The minimum Gasteiger partial charge on any atom is -0.462 e. The second-order valence-electron chi connectivity index (χ2n) is 2.56. The molecule has 0 aromatic rings. The van der Waals surface area contributed by atoms with E-state index in [9.17, 15) is 14.9 Å². The number of allylic oxidation sites excluding steroid dienone is 1. The van der Waals surface area contributed by atoms with E-state index in [-0.39, 0.29) is 19.1 Å². The number of nitro groups is 1. The summed E-state index contributed by atoms with van der Waals surface area (Å²) < 4.78 is 4.62. The van der Waals surface area contributed by atoms with Gasteiger partial charge in [-0.1, -0.05) is 12.2 Å². The third kappa shape index (κ3) is 7.02. The van der Waals surface area contributed by atoms with Crippen molar-refractivity contribution in [2.75, 3.05) is 13.2 Å². The Hall–Kier alpha value is -1.65. The van der Waals surface area contributed by atoms with Gasteiger partial charge in [0, 0.05) is 17.4 Å².